The smallest absolute Gasteiger partial charge is 0.165 e. The summed E-state index contributed by atoms with van der Waals surface area (Å²) in [5.41, 5.74) is 6.77. The third-order valence-electron chi connectivity index (χ3n) is 2.36. The van der Waals surface area contributed by atoms with Crippen LogP contribution < -0.4 is 10.5 Å². The molecule has 3 N–H and O–H groups in total. The van der Waals surface area contributed by atoms with E-state index in [1.807, 2.05) is 0 Å². The van der Waals surface area contributed by atoms with Crippen molar-refractivity contribution in [2.75, 3.05) is 7.11 Å². The number of nitrogens with two attached hydrogens (primary N) is 1. The molecule has 1 aromatic carbocycles. The third kappa shape index (κ3) is 2.27. The van der Waals surface area contributed by atoms with Gasteiger partial charge in [-0.05, 0) is 25.5 Å². The Bertz CT molecular complexity index is 353. The van der Waals surface area contributed by atoms with Crippen molar-refractivity contribution < 1.29 is 14.2 Å². The van der Waals surface area contributed by atoms with Crippen molar-refractivity contribution >= 4 is 0 Å². The molecule has 0 aromatic heterocycles. The highest BCUT2D eigenvalue weighted by Crippen LogP contribution is 2.32. The van der Waals surface area contributed by atoms with Gasteiger partial charge in [-0.15, -0.1) is 0 Å². The molecule has 1 rings (SSSR count). The second-order valence-corrected chi connectivity index (χ2v) is 3.62. The lowest BCUT2D eigenvalue weighted by Gasteiger charge is -2.20. The standard InChI is InChI=1S/C11H16FNO2/c1-6-4-5-8(12)11(15-3)9(6)10(14)7(2)13/h4-5,7,10,14H,13H2,1-3H3. The highest BCUT2D eigenvalue weighted by molar-refractivity contribution is 5.43. The summed E-state index contributed by atoms with van der Waals surface area (Å²) in [5, 5.41) is 9.84. The lowest BCUT2D eigenvalue weighted by atomic mass is 9.98. The van der Waals surface area contributed by atoms with Gasteiger partial charge in [0.25, 0.3) is 0 Å². The molecule has 0 saturated carbocycles. The van der Waals surface area contributed by atoms with Gasteiger partial charge in [-0.2, -0.15) is 0 Å². The van der Waals surface area contributed by atoms with E-state index in [1.54, 1.807) is 19.9 Å². The van der Waals surface area contributed by atoms with Crippen LogP contribution in [0.2, 0.25) is 0 Å². The van der Waals surface area contributed by atoms with Crippen molar-refractivity contribution in [3.05, 3.63) is 29.1 Å². The molecule has 0 aliphatic rings. The fourth-order valence-electron chi connectivity index (χ4n) is 1.51. The molecule has 0 saturated heterocycles. The summed E-state index contributed by atoms with van der Waals surface area (Å²) in [7, 11) is 1.37. The fourth-order valence-corrected chi connectivity index (χ4v) is 1.51. The summed E-state index contributed by atoms with van der Waals surface area (Å²) in [6.45, 7) is 3.44. The Kier molecular flexibility index (Phi) is 3.66. The molecule has 0 fully saturated rings. The first kappa shape index (κ1) is 11.9. The Balaban J connectivity index is 3.30. The van der Waals surface area contributed by atoms with Crippen LogP contribution in [0.1, 0.15) is 24.2 Å². The maximum atomic E-state index is 13.4. The number of halogens is 1. The Hall–Kier alpha value is -1.13. The van der Waals surface area contributed by atoms with E-state index in [0.717, 1.165) is 5.56 Å². The normalized spacial score (nSPS) is 14.8. The van der Waals surface area contributed by atoms with Crippen LogP contribution in [-0.2, 0) is 0 Å². The average molecular weight is 213 g/mol. The molecule has 1 aromatic rings. The Morgan fingerprint density at radius 2 is 2.07 bits per heavy atom. The molecule has 3 nitrogen and oxygen atoms in total. The van der Waals surface area contributed by atoms with Gasteiger partial charge >= 0.3 is 0 Å². The van der Waals surface area contributed by atoms with Gasteiger partial charge in [0.15, 0.2) is 11.6 Å². The van der Waals surface area contributed by atoms with E-state index < -0.39 is 18.0 Å². The van der Waals surface area contributed by atoms with Crippen molar-refractivity contribution in [2.45, 2.75) is 26.0 Å². The van der Waals surface area contributed by atoms with Crippen molar-refractivity contribution in [3.8, 4) is 5.75 Å². The summed E-state index contributed by atoms with van der Waals surface area (Å²) in [6, 6.07) is 2.43. The topological polar surface area (TPSA) is 55.5 Å². The molecule has 0 amide bonds. The van der Waals surface area contributed by atoms with Crippen LogP contribution in [0, 0.1) is 12.7 Å². The predicted octanol–water partition coefficient (Wildman–Crippen LogP) is 1.52. The van der Waals surface area contributed by atoms with E-state index in [1.165, 1.54) is 13.2 Å². The lowest BCUT2D eigenvalue weighted by molar-refractivity contribution is 0.148. The summed E-state index contributed by atoms with van der Waals surface area (Å²) in [4.78, 5) is 0. The van der Waals surface area contributed by atoms with E-state index in [9.17, 15) is 9.50 Å². The van der Waals surface area contributed by atoms with Crippen LogP contribution in [-0.4, -0.2) is 18.3 Å². The molecule has 0 radical (unpaired) electrons. The fraction of sp³-hybridized carbons (Fsp3) is 0.455. The van der Waals surface area contributed by atoms with Gasteiger partial charge in [0, 0.05) is 11.6 Å². The molecule has 0 bridgehead atoms. The quantitative estimate of drug-likeness (QED) is 0.800. The summed E-state index contributed by atoms with van der Waals surface area (Å²) in [6.07, 6.45) is -0.921. The molecule has 4 heteroatoms. The SMILES string of the molecule is COc1c(F)ccc(C)c1C(O)C(C)N. The highest BCUT2D eigenvalue weighted by atomic mass is 19.1. The average Bonchev–Trinajstić information content (AvgIpc) is 2.19. The minimum atomic E-state index is -0.921. The number of methoxy groups -OCH3 is 1. The highest BCUT2D eigenvalue weighted by Gasteiger charge is 2.21. The minimum absolute atomic E-state index is 0.0693. The number of hydrogen-bond acceptors (Lipinski definition) is 3. The first-order valence-electron chi connectivity index (χ1n) is 4.75. The molecular weight excluding hydrogens is 197 g/mol. The molecule has 15 heavy (non-hydrogen) atoms. The van der Waals surface area contributed by atoms with Crippen molar-refractivity contribution in [2.24, 2.45) is 5.73 Å². The number of aryl methyl sites for hydroxylation is 1. The zero-order chi connectivity index (χ0) is 11.6. The van der Waals surface area contributed by atoms with E-state index >= 15 is 0 Å². The third-order valence-corrected chi connectivity index (χ3v) is 2.36. The van der Waals surface area contributed by atoms with Crippen LogP contribution >= 0.6 is 0 Å². The Labute approximate surface area is 88.7 Å². The Morgan fingerprint density at radius 3 is 2.53 bits per heavy atom. The molecule has 2 atom stereocenters. The van der Waals surface area contributed by atoms with Gasteiger partial charge in [-0.25, -0.2) is 4.39 Å². The van der Waals surface area contributed by atoms with Gasteiger partial charge in [0.05, 0.1) is 13.2 Å². The number of benzene rings is 1. The van der Waals surface area contributed by atoms with Gasteiger partial charge in [0.2, 0.25) is 0 Å². The van der Waals surface area contributed by atoms with E-state index in [4.69, 9.17) is 10.5 Å². The summed E-state index contributed by atoms with van der Waals surface area (Å²) in [5.74, 6) is -0.419. The minimum Gasteiger partial charge on any atom is -0.493 e. The molecule has 0 aliphatic carbocycles. The molecule has 2 unspecified atom stereocenters. The van der Waals surface area contributed by atoms with Crippen LogP contribution in [0.4, 0.5) is 4.39 Å². The molecule has 0 heterocycles. The van der Waals surface area contributed by atoms with Gasteiger partial charge in [0.1, 0.15) is 0 Å². The predicted molar refractivity (Wildman–Crippen MR) is 56.3 cm³/mol. The monoisotopic (exact) mass is 213 g/mol. The van der Waals surface area contributed by atoms with Gasteiger partial charge < -0.3 is 15.6 Å². The van der Waals surface area contributed by atoms with Gasteiger partial charge in [-0.1, -0.05) is 6.07 Å². The number of aliphatic hydroxyl groups is 1. The Morgan fingerprint density at radius 1 is 1.47 bits per heavy atom. The second kappa shape index (κ2) is 4.59. The zero-order valence-electron chi connectivity index (χ0n) is 9.12. The first-order valence-corrected chi connectivity index (χ1v) is 4.75. The van der Waals surface area contributed by atoms with Crippen LogP contribution in [0.5, 0.6) is 5.75 Å². The maximum absolute atomic E-state index is 13.4. The van der Waals surface area contributed by atoms with Crippen LogP contribution in [0.15, 0.2) is 12.1 Å². The van der Waals surface area contributed by atoms with E-state index in [-0.39, 0.29) is 5.75 Å². The largest absolute Gasteiger partial charge is 0.493 e. The lowest BCUT2D eigenvalue weighted by Crippen LogP contribution is -2.25. The van der Waals surface area contributed by atoms with Crippen molar-refractivity contribution in [3.63, 3.8) is 0 Å². The summed E-state index contributed by atoms with van der Waals surface area (Å²) >= 11 is 0. The van der Waals surface area contributed by atoms with Crippen LogP contribution in [0.25, 0.3) is 0 Å². The van der Waals surface area contributed by atoms with Crippen LogP contribution in [0.3, 0.4) is 0 Å². The molecular formula is C11H16FNO2. The number of ether oxygens (including phenoxy) is 1. The summed E-state index contributed by atoms with van der Waals surface area (Å²) < 4.78 is 18.3. The van der Waals surface area contributed by atoms with Gasteiger partial charge in [-0.3, -0.25) is 0 Å². The molecule has 84 valence electrons. The zero-order valence-corrected chi connectivity index (χ0v) is 9.12. The van der Waals surface area contributed by atoms with E-state index in [2.05, 4.69) is 0 Å². The molecule has 0 spiro atoms. The number of hydrogen-bond donors (Lipinski definition) is 2. The van der Waals surface area contributed by atoms with Crippen molar-refractivity contribution in [1.29, 1.82) is 0 Å². The second-order valence-electron chi connectivity index (χ2n) is 3.62. The van der Waals surface area contributed by atoms with Crippen molar-refractivity contribution in [1.82, 2.24) is 0 Å². The number of aliphatic hydroxyl groups excluding tert-OH is 1. The van der Waals surface area contributed by atoms with E-state index in [0.29, 0.717) is 5.56 Å². The maximum Gasteiger partial charge on any atom is 0.165 e. The number of rotatable bonds is 3. The first-order chi connectivity index (χ1) is 6.99. The molecule has 0 aliphatic heterocycles.